The predicted molar refractivity (Wildman–Crippen MR) is 110 cm³/mol. The molecular weight excluding hydrogens is 420 g/mol. The van der Waals surface area contributed by atoms with Gasteiger partial charge in [0.05, 0.1) is 6.07 Å². The lowest BCUT2D eigenvalue weighted by Crippen LogP contribution is -2.62. The van der Waals surface area contributed by atoms with Gasteiger partial charge in [0.15, 0.2) is 0 Å². The molecule has 2 saturated heterocycles. The lowest BCUT2D eigenvalue weighted by Gasteiger charge is -2.50. The number of likely N-dealkylation sites (tertiary alicyclic amines) is 1. The van der Waals surface area contributed by atoms with Gasteiger partial charge in [0.1, 0.15) is 5.54 Å². The number of carbonyl (C=O) groups is 1. The molecule has 0 saturated carbocycles. The molecule has 1 unspecified atom stereocenters. The van der Waals surface area contributed by atoms with Gasteiger partial charge in [-0.15, -0.1) is 0 Å². The third-order valence-corrected chi connectivity index (χ3v) is 7.40. The van der Waals surface area contributed by atoms with Crippen molar-refractivity contribution >= 4 is 22.0 Å². The fourth-order valence-electron chi connectivity index (χ4n) is 5.30. The molecule has 3 aliphatic rings. The molecule has 7 heteroatoms. The maximum Gasteiger partial charge on any atom is 0.407 e. The Kier molecular flexibility index (Phi) is 5.38. The first-order valence-electron chi connectivity index (χ1n) is 10.1. The van der Waals surface area contributed by atoms with E-state index in [0.717, 1.165) is 36.9 Å². The number of amides is 1. The van der Waals surface area contributed by atoms with Crippen LogP contribution in [0.3, 0.4) is 0 Å². The molecule has 0 aromatic heterocycles. The van der Waals surface area contributed by atoms with Crippen LogP contribution in [0.5, 0.6) is 0 Å². The van der Waals surface area contributed by atoms with Crippen molar-refractivity contribution in [3.8, 4) is 6.07 Å². The second kappa shape index (κ2) is 7.66. The summed E-state index contributed by atoms with van der Waals surface area (Å²) in [5.41, 5.74) is 2.38. The number of piperidine rings is 1. The van der Waals surface area contributed by atoms with Crippen molar-refractivity contribution in [1.29, 1.82) is 5.26 Å². The maximum atomic E-state index is 11.2. The second-order valence-electron chi connectivity index (χ2n) is 8.34. The highest BCUT2D eigenvalue weighted by Gasteiger charge is 2.44. The average molecular weight is 447 g/mol. The molecule has 0 bridgehead atoms. The van der Waals surface area contributed by atoms with Crippen LogP contribution in [0.4, 0.5) is 4.79 Å². The topological polar surface area (TPSA) is 70.8 Å². The number of benzene rings is 1. The van der Waals surface area contributed by atoms with Crippen LogP contribution < -0.4 is 0 Å². The first kappa shape index (κ1) is 19.7. The Hall–Kier alpha value is -1.62. The fraction of sp³-hybridized carbons (Fsp3) is 0.619. The molecule has 6 nitrogen and oxygen atoms in total. The summed E-state index contributed by atoms with van der Waals surface area (Å²) in [6.45, 7) is 5.84. The minimum atomic E-state index is -0.878. The van der Waals surface area contributed by atoms with E-state index in [4.69, 9.17) is 0 Å². The number of piperazine rings is 1. The van der Waals surface area contributed by atoms with Gasteiger partial charge < -0.3 is 10.0 Å². The third-order valence-electron chi connectivity index (χ3n) is 6.90. The summed E-state index contributed by atoms with van der Waals surface area (Å²) in [5.74, 6) is 0. The van der Waals surface area contributed by atoms with E-state index in [1.165, 1.54) is 16.0 Å². The van der Waals surface area contributed by atoms with Crippen molar-refractivity contribution in [2.45, 2.75) is 50.2 Å². The van der Waals surface area contributed by atoms with Gasteiger partial charge in [-0.05, 0) is 55.9 Å². The Morgan fingerprint density at radius 1 is 1.29 bits per heavy atom. The van der Waals surface area contributed by atoms with Crippen molar-refractivity contribution in [3.05, 3.63) is 33.8 Å². The van der Waals surface area contributed by atoms with Gasteiger partial charge in [0.25, 0.3) is 0 Å². The number of halogens is 1. The summed E-state index contributed by atoms with van der Waals surface area (Å²) >= 11 is 3.58. The monoisotopic (exact) mass is 446 g/mol. The highest BCUT2D eigenvalue weighted by Crippen LogP contribution is 2.40. The van der Waals surface area contributed by atoms with Crippen LogP contribution in [0.25, 0.3) is 0 Å². The Morgan fingerprint density at radius 2 is 2.04 bits per heavy atom. The highest BCUT2D eigenvalue weighted by molar-refractivity contribution is 9.10. The van der Waals surface area contributed by atoms with E-state index in [1.54, 1.807) is 0 Å². The summed E-state index contributed by atoms with van der Waals surface area (Å²) in [4.78, 5) is 17.6. The van der Waals surface area contributed by atoms with Crippen LogP contribution in [0, 0.1) is 11.3 Å². The van der Waals surface area contributed by atoms with E-state index < -0.39 is 11.6 Å². The van der Waals surface area contributed by atoms with Crippen LogP contribution in [0.2, 0.25) is 0 Å². The molecule has 0 spiro atoms. The van der Waals surface area contributed by atoms with Gasteiger partial charge in [-0.3, -0.25) is 9.80 Å². The van der Waals surface area contributed by atoms with Crippen LogP contribution in [-0.4, -0.2) is 70.2 Å². The Bertz CT molecular complexity index is 800. The van der Waals surface area contributed by atoms with Gasteiger partial charge in [0.2, 0.25) is 0 Å². The molecular formula is C21H27BrN4O2. The van der Waals surface area contributed by atoms with E-state index in [0.29, 0.717) is 38.0 Å². The molecule has 1 amide bonds. The maximum absolute atomic E-state index is 11.2. The second-order valence-corrected chi connectivity index (χ2v) is 9.26. The summed E-state index contributed by atoms with van der Waals surface area (Å²) < 4.78 is 1.15. The molecule has 2 heterocycles. The number of hydrogen-bond donors (Lipinski definition) is 1. The predicted octanol–water partition coefficient (Wildman–Crippen LogP) is 3.48. The number of fused-ring (bicyclic) bond motifs is 1. The molecule has 2 atom stereocenters. The normalized spacial score (nSPS) is 28.0. The van der Waals surface area contributed by atoms with Crippen LogP contribution >= 0.6 is 15.9 Å². The SMILES string of the molecule is C[C@H]1CN(C2(C#N)CCN(C(=O)O)CC2)CCN1C1CCc2cc(Br)ccc21. The summed E-state index contributed by atoms with van der Waals surface area (Å²) in [6, 6.07) is 10.0. The first-order valence-corrected chi connectivity index (χ1v) is 10.9. The van der Waals surface area contributed by atoms with Crippen molar-refractivity contribution in [1.82, 2.24) is 14.7 Å². The molecule has 1 aromatic carbocycles. The van der Waals surface area contributed by atoms with Crippen LogP contribution in [0.15, 0.2) is 22.7 Å². The van der Waals surface area contributed by atoms with Gasteiger partial charge in [0, 0.05) is 49.3 Å². The van der Waals surface area contributed by atoms with E-state index in [9.17, 15) is 15.2 Å². The lowest BCUT2D eigenvalue weighted by atomic mass is 9.85. The van der Waals surface area contributed by atoms with E-state index in [-0.39, 0.29) is 0 Å². The zero-order chi connectivity index (χ0) is 19.9. The zero-order valence-electron chi connectivity index (χ0n) is 16.3. The zero-order valence-corrected chi connectivity index (χ0v) is 17.9. The van der Waals surface area contributed by atoms with E-state index in [1.807, 2.05) is 0 Å². The summed E-state index contributed by atoms with van der Waals surface area (Å²) in [6.07, 6.45) is 2.61. The smallest absolute Gasteiger partial charge is 0.407 e. The Balaban J connectivity index is 1.45. The standard InChI is InChI=1S/C21H27BrN4O2/c1-15-13-25(21(14-23)6-8-24(9-7-21)20(27)28)10-11-26(15)19-5-2-16-12-17(22)3-4-18(16)19/h3-4,12,15,19H,2,5-11,13H2,1H3,(H,27,28)/t15-,19?/m0/s1. The largest absolute Gasteiger partial charge is 0.465 e. The molecule has 2 aliphatic heterocycles. The van der Waals surface area contributed by atoms with Crippen molar-refractivity contribution in [3.63, 3.8) is 0 Å². The fourth-order valence-corrected chi connectivity index (χ4v) is 5.71. The van der Waals surface area contributed by atoms with Gasteiger partial charge in [-0.1, -0.05) is 22.0 Å². The first-order chi connectivity index (χ1) is 13.4. The summed E-state index contributed by atoms with van der Waals surface area (Å²) in [5, 5.41) is 19.2. The summed E-state index contributed by atoms with van der Waals surface area (Å²) in [7, 11) is 0. The third kappa shape index (κ3) is 3.42. The molecule has 1 aliphatic carbocycles. The lowest BCUT2D eigenvalue weighted by molar-refractivity contribution is -0.0144. The van der Waals surface area contributed by atoms with Crippen molar-refractivity contribution in [2.24, 2.45) is 0 Å². The van der Waals surface area contributed by atoms with E-state index >= 15 is 0 Å². The number of aryl methyl sites for hydroxylation is 1. The minimum Gasteiger partial charge on any atom is -0.465 e. The molecule has 4 rings (SSSR count). The van der Waals surface area contributed by atoms with Crippen molar-refractivity contribution < 1.29 is 9.90 Å². The Labute approximate surface area is 174 Å². The molecule has 1 aromatic rings. The Morgan fingerprint density at radius 3 is 2.68 bits per heavy atom. The molecule has 2 fully saturated rings. The molecule has 0 radical (unpaired) electrons. The molecule has 150 valence electrons. The number of carboxylic acid groups (broad SMARTS) is 1. The number of hydrogen-bond acceptors (Lipinski definition) is 4. The van der Waals surface area contributed by atoms with Gasteiger partial charge in [-0.2, -0.15) is 5.26 Å². The van der Waals surface area contributed by atoms with E-state index in [2.05, 4.69) is 56.9 Å². The van der Waals surface area contributed by atoms with Crippen molar-refractivity contribution in [2.75, 3.05) is 32.7 Å². The minimum absolute atomic E-state index is 0.371. The highest BCUT2D eigenvalue weighted by atomic mass is 79.9. The quantitative estimate of drug-likeness (QED) is 0.752. The van der Waals surface area contributed by atoms with Gasteiger partial charge in [-0.25, -0.2) is 4.79 Å². The number of nitriles is 1. The molecule has 28 heavy (non-hydrogen) atoms. The van der Waals surface area contributed by atoms with Gasteiger partial charge >= 0.3 is 6.09 Å². The number of nitrogens with zero attached hydrogens (tertiary/aromatic N) is 4. The van der Waals surface area contributed by atoms with Crippen LogP contribution in [0.1, 0.15) is 43.4 Å². The molecule has 1 N–H and O–H groups in total. The average Bonchev–Trinajstić information content (AvgIpc) is 3.10. The van der Waals surface area contributed by atoms with Crippen LogP contribution in [-0.2, 0) is 6.42 Å². The number of rotatable bonds is 2.